The molecule has 1 fully saturated rings. The molecule has 1 atom stereocenters. The van der Waals surface area contributed by atoms with E-state index in [9.17, 15) is 14.4 Å². The summed E-state index contributed by atoms with van der Waals surface area (Å²) in [6.45, 7) is 4.01. The van der Waals surface area contributed by atoms with Crippen molar-refractivity contribution in [3.8, 4) is 0 Å². The number of amides is 4. The number of carbonyl (C=O) groups is 3. The van der Waals surface area contributed by atoms with Crippen molar-refractivity contribution in [1.82, 2.24) is 20.1 Å². The molecule has 4 rings (SSSR count). The van der Waals surface area contributed by atoms with Crippen LogP contribution in [-0.2, 0) is 22.6 Å². The van der Waals surface area contributed by atoms with Crippen LogP contribution in [0.2, 0.25) is 0 Å². The van der Waals surface area contributed by atoms with Crippen molar-refractivity contribution in [2.75, 3.05) is 6.54 Å². The highest BCUT2D eigenvalue weighted by atomic mass is 16.2. The van der Waals surface area contributed by atoms with Gasteiger partial charge in [-0.05, 0) is 31.0 Å². The lowest BCUT2D eigenvalue weighted by Crippen LogP contribution is -2.45. The third-order valence-corrected chi connectivity index (χ3v) is 5.64. The molecule has 0 unspecified atom stereocenters. The number of benzene rings is 2. The molecule has 0 radical (unpaired) electrons. The number of H-pyrrole nitrogens is 1. The third-order valence-electron chi connectivity index (χ3n) is 5.64. The minimum absolute atomic E-state index is 0.0597. The summed E-state index contributed by atoms with van der Waals surface area (Å²) in [5.74, 6) is -0.623. The highest BCUT2D eigenvalue weighted by Gasteiger charge is 2.40. The first-order valence-electron chi connectivity index (χ1n) is 10.4. The zero-order chi connectivity index (χ0) is 22.0. The Bertz CT molecular complexity index is 1110. The van der Waals surface area contributed by atoms with Crippen molar-refractivity contribution in [1.29, 1.82) is 0 Å². The first kappa shape index (κ1) is 20.7. The molecule has 7 heteroatoms. The van der Waals surface area contributed by atoms with Crippen LogP contribution < -0.4 is 5.32 Å². The standard InChI is InChI=1S/C24H26N4O3/c1-16(2)27(14-17-8-4-3-5-9-17)22(29)15-28-23(30)21(26-24(28)31)12-18-13-25-20-11-7-6-10-19(18)20/h3-11,13,16,21,25H,12,14-15H2,1-2H3,(H,26,31)/t21-/m0/s1. The van der Waals surface area contributed by atoms with E-state index in [1.807, 2.05) is 74.6 Å². The normalized spacial score (nSPS) is 16.2. The number of urea groups is 1. The van der Waals surface area contributed by atoms with Gasteiger partial charge >= 0.3 is 6.03 Å². The minimum atomic E-state index is -0.680. The van der Waals surface area contributed by atoms with E-state index < -0.39 is 12.1 Å². The fraction of sp³-hybridized carbons (Fsp3) is 0.292. The van der Waals surface area contributed by atoms with Gasteiger partial charge in [-0.2, -0.15) is 0 Å². The van der Waals surface area contributed by atoms with E-state index in [0.717, 1.165) is 26.9 Å². The molecule has 1 aliphatic heterocycles. The van der Waals surface area contributed by atoms with Crippen molar-refractivity contribution in [2.24, 2.45) is 0 Å². The average molecular weight is 418 g/mol. The molecule has 2 aromatic carbocycles. The molecule has 1 aliphatic rings. The summed E-state index contributed by atoms with van der Waals surface area (Å²) in [5, 5.41) is 3.75. The zero-order valence-electron chi connectivity index (χ0n) is 17.7. The Balaban J connectivity index is 1.45. The molecular formula is C24H26N4O3. The number of aromatic nitrogens is 1. The smallest absolute Gasteiger partial charge is 0.325 e. The van der Waals surface area contributed by atoms with Gasteiger partial charge in [-0.1, -0.05) is 48.5 Å². The second kappa shape index (κ2) is 8.63. The van der Waals surface area contributed by atoms with Gasteiger partial charge in [0.15, 0.2) is 0 Å². The lowest BCUT2D eigenvalue weighted by Gasteiger charge is -2.28. The van der Waals surface area contributed by atoms with Crippen LogP contribution in [-0.4, -0.2) is 51.3 Å². The number of nitrogens with zero attached hydrogens (tertiary/aromatic N) is 2. The van der Waals surface area contributed by atoms with Crippen molar-refractivity contribution >= 4 is 28.7 Å². The average Bonchev–Trinajstić information content (AvgIpc) is 3.29. The number of hydrogen-bond acceptors (Lipinski definition) is 3. The molecule has 0 saturated carbocycles. The fourth-order valence-electron chi connectivity index (χ4n) is 3.95. The molecule has 7 nitrogen and oxygen atoms in total. The summed E-state index contributed by atoms with van der Waals surface area (Å²) in [6, 6.07) is 16.2. The number of nitrogens with one attached hydrogen (secondary N) is 2. The summed E-state index contributed by atoms with van der Waals surface area (Å²) in [6.07, 6.45) is 2.23. The van der Waals surface area contributed by atoms with Gasteiger partial charge in [0.1, 0.15) is 12.6 Å². The SMILES string of the molecule is CC(C)N(Cc1ccccc1)C(=O)CN1C(=O)N[C@@H](Cc2c[nH]c3ccccc23)C1=O. The molecule has 0 bridgehead atoms. The van der Waals surface area contributed by atoms with Gasteiger partial charge in [0.05, 0.1) is 0 Å². The van der Waals surface area contributed by atoms with E-state index >= 15 is 0 Å². The Kier molecular flexibility index (Phi) is 5.75. The molecule has 3 aromatic rings. The number of hydrogen-bond donors (Lipinski definition) is 2. The molecular weight excluding hydrogens is 392 g/mol. The van der Waals surface area contributed by atoms with E-state index in [1.165, 1.54) is 0 Å². The zero-order valence-corrected chi connectivity index (χ0v) is 17.7. The second-order valence-electron chi connectivity index (χ2n) is 8.09. The summed E-state index contributed by atoms with van der Waals surface area (Å²) in [4.78, 5) is 44.3. The predicted molar refractivity (Wildman–Crippen MR) is 118 cm³/mol. The lowest BCUT2D eigenvalue weighted by molar-refractivity contribution is -0.139. The Morgan fingerprint density at radius 1 is 1.06 bits per heavy atom. The van der Waals surface area contributed by atoms with Crippen LogP contribution in [0.15, 0.2) is 60.8 Å². The van der Waals surface area contributed by atoms with Gasteiger partial charge in [0.2, 0.25) is 5.91 Å². The maximum Gasteiger partial charge on any atom is 0.325 e. The van der Waals surface area contributed by atoms with Gasteiger partial charge < -0.3 is 15.2 Å². The first-order chi connectivity index (χ1) is 14.9. The fourth-order valence-corrected chi connectivity index (χ4v) is 3.95. The van der Waals surface area contributed by atoms with Crippen molar-refractivity contribution in [3.63, 3.8) is 0 Å². The molecule has 1 saturated heterocycles. The van der Waals surface area contributed by atoms with Gasteiger partial charge in [-0.15, -0.1) is 0 Å². The monoisotopic (exact) mass is 418 g/mol. The molecule has 0 spiro atoms. The van der Waals surface area contributed by atoms with Crippen molar-refractivity contribution in [3.05, 3.63) is 71.9 Å². The highest BCUT2D eigenvalue weighted by molar-refractivity contribution is 6.06. The van der Waals surface area contributed by atoms with E-state index in [2.05, 4.69) is 10.3 Å². The van der Waals surface area contributed by atoms with Crippen molar-refractivity contribution in [2.45, 2.75) is 38.9 Å². The van der Waals surface area contributed by atoms with Crippen LogP contribution in [0.5, 0.6) is 0 Å². The van der Waals surface area contributed by atoms with Crippen molar-refractivity contribution < 1.29 is 14.4 Å². The number of aromatic amines is 1. The molecule has 2 N–H and O–H groups in total. The van der Waals surface area contributed by atoms with E-state index in [-0.39, 0.29) is 24.4 Å². The largest absolute Gasteiger partial charge is 0.361 e. The van der Waals surface area contributed by atoms with Crippen LogP contribution in [0, 0.1) is 0 Å². The highest BCUT2D eigenvalue weighted by Crippen LogP contribution is 2.21. The van der Waals surface area contributed by atoms with Crippen LogP contribution in [0.4, 0.5) is 4.79 Å². The summed E-state index contributed by atoms with van der Waals surface area (Å²) < 4.78 is 0. The Morgan fingerprint density at radius 3 is 2.52 bits per heavy atom. The third kappa shape index (κ3) is 4.30. The minimum Gasteiger partial charge on any atom is -0.361 e. The topological polar surface area (TPSA) is 85.5 Å². The van der Waals surface area contributed by atoms with Crippen LogP contribution >= 0.6 is 0 Å². The Labute approximate surface area is 181 Å². The molecule has 160 valence electrons. The number of fused-ring (bicyclic) bond motifs is 1. The maximum atomic E-state index is 13.0. The van der Waals surface area contributed by atoms with Crippen LogP contribution in [0.25, 0.3) is 10.9 Å². The van der Waals surface area contributed by atoms with E-state index in [4.69, 9.17) is 0 Å². The van der Waals surface area contributed by atoms with Gasteiger partial charge in [0.25, 0.3) is 5.91 Å². The number of rotatable bonds is 7. The van der Waals surface area contributed by atoms with Gasteiger partial charge in [-0.25, -0.2) is 4.79 Å². The molecule has 2 heterocycles. The maximum absolute atomic E-state index is 13.0. The van der Waals surface area contributed by atoms with E-state index in [1.54, 1.807) is 4.90 Å². The predicted octanol–water partition coefficient (Wildman–Crippen LogP) is 3.07. The van der Waals surface area contributed by atoms with Gasteiger partial charge in [0, 0.05) is 36.1 Å². The first-order valence-corrected chi connectivity index (χ1v) is 10.4. The van der Waals surface area contributed by atoms with Crippen LogP contribution in [0.1, 0.15) is 25.0 Å². The molecule has 0 aliphatic carbocycles. The summed E-state index contributed by atoms with van der Waals surface area (Å²) in [7, 11) is 0. The molecule has 4 amide bonds. The Morgan fingerprint density at radius 2 is 1.77 bits per heavy atom. The van der Waals surface area contributed by atoms with Gasteiger partial charge in [-0.3, -0.25) is 14.5 Å². The lowest BCUT2D eigenvalue weighted by atomic mass is 10.1. The summed E-state index contributed by atoms with van der Waals surface area (Å²) in [5.41, 5.74) is 2.93. The van der Waals surface area contributed by atoms with Crippen LogP contribution in [0.3, 0.4) is 0 Å². The number of imide groups is 1. The Hall–Kier alpha value is -3.61. The number of carbonyl (C=O) groups excluding carboxylic acids is 3. The summed E-state index contributed by atoms with van der Waals surface area (Å²) >= 11 is 0. The number of para-hydroxylation sites is 1. The second-order valence-corrected chi connectivity index (χ2v) is 8.09. The molecule has 31 heavy (non-hydrogen) atoms. The molecule has 1 aromatic heterocycles. The van der Waals surface area contributed by atoms with E-state index in [0.29, 0.717) is 13.0 Å². The quantitative estimate of drug-likeness (QED) is 0.578.